The minimum Gasteiger partial charge on any atom is -0.481 e. The molecule has 0 aromatic heterocycles. The van der Waals surface area contributed by atoms with Crippen molar-refractivity contribution in [3.8, 4) is 0 Å². The molecule has 0 spiro atoms. The summed E-state index contributed by atoms with van der Waals surface area (Å²) >= 11 is 0. The lowest BCUT2D eigenvalue weighted by Gasteiger charge is -2.31. The van der Waals surface area contributed by atoms with Gasteiger partial charge in [-0.05, 0) is 18.8 Å². The molecule has 94 valence electrons. The van der Waals surface area contributed by atoms with Gasteiger partial charge < -0.3 is 15.5 Å². The summed E-state index contributed by atoms with van der Waals surface area (Å²) in [6, 6.07) is -0.230. The van der Waals surface area contributed by atoms with E-state index < -0.39 is 17.8 Å². The van der Waals surface area contributed by atoms with Crippen LogP contribution >= 0.6 is 0 Å². The molecule has 1 amide bonds. The smallest absolute Gasteiger partial charge is 0.315 e. The Balaban J connectivity index is 4.52. The van der Waals surface area contributed by atoms with E-state index in [1.165, 1.54) is 6.92 Å². The summed E-state index contributed by atoms with van der Waals surface area (Å²) in [6.45, 7) is 7.09. The molecule has 0 radical (unpaired) electrons. The SMILES string of the molecule is CC(C(=O)O)C(=O)NC(CCO)C(C)(C)C. The predicted molar refractivity (Wildman–Crippen MR) is 59.9 cm³/mol. The number of hydrogen-bond donors (Lipinski definition) is 3. The molecule has 2 atom stereocenters. The van der Waals surface area contributed by atoms with Crippen LogP contribution in [0.3, 0.4) is 0 Å². The number of amides is 1. The van der Waals surface area contributed by atoms with Gasteiger partial charge in [0.2, 0.25) is 5.91 Å². The molecule has 0 rings (SSSR count). The third-order valence-corrected chi connectivity index (χ3v) is 2.54. The molecule has 0 heterocycles. The molecule has 0 saturated heterocycles. The van der Waals surface area contributed by atoms with Crippen LogP contribution in [0.2, 0.25) is 0 Å². The molecule has 5 nitrogen and oxygen atoms in total. The van der Waals surface area contributed by atoms with Crippen molar-refractivity contribution in [1.82, 2.24) is 5.32 Å². The zero-order valence-electron chi connectivity index (χ0n) is 10.3. The summed E-state index contributed by atoms with van der Waals surface area (Å²) in [7, 11) is 0. The first-order valence-electron chi connectivity index (χ1n) is 5.34. The van der Waals surface area contributed by atoms with Crippen LogP contribution in [0.5, 0.6) is 0 Å². The van der Waals surface area contributed by atoms with E-state index in [2.05, 4.69) is 5.32 Å². The van der Waals surface area contributed by atoms with E-state index in [9.17, 15) is 9.59 Å². The summed E-state index contributed by atoms with van der Waals surface area (Å²) < 4.78 is 0. The zero-order valence-corrected chi connectivity index (χ0v) is 10.3. The summed E-state index contributed by atoms with van der Waals surface area (Å²) in [6.07, 6.45) is 0.418. The highest BCUT2D eigenvalue weighted by molar-refractivity contribution is 5.96. The number of carbonyl (C=O) groups excluding carboxylic acids is 1. The highest BCUT2D eigenvalue weighted by Gasteiger charge is 2.29. The number of hydrogen-bond acceptors (Lipinski definition) is 3. The van der Waals surface area contributed by atoms with Crippen molar-refractivity contribution in [2.24, 2.45) is 11.3 Å². The summed E-state index contributed by atoms with van der Waals surface area (Å²) in [5.41, 5.74) is -0.212. The summed E-state index contributed by atoms with van der Waals surface area (Å²) in [5.74, 6) is -2.72. The van der Waals surface area contributed by atoms with E-state index >= 15 is 0 Å². The number of aliphatic hydroxyl groups excluding tert-OH is 1. The molecular weight excluding hydrogens is 210 g/mol. The molecule has 0 aromatic carbocycles. The van der Waals surface area contributed by atoms with E-state index in [-0.39, 0.29) is 18.1 Å². The van der Waals surface area contributed by atoms with E-state index in [1.54, 1.807) is 0 Å². The molecule has 0 bridgehead atoms. The maximum Gasteiger partial charge on any atom is 0.315 e. The number of nitrogens with one attached hydrogen (secondary N) is 1. The van der Waals surface area contributed by atoms with Gasteiger partial charge in [0.25, 0.3) is 0 Å². The number of rotatable bonds is 5. The third kappa shape index (κ3) is 4.61. The van der Waals surface area contributed by atoms with Crippen molar-refractivity contribution >= 4 is 11.9 Å². The monoisotopic (exact) mass is 231 g/mol. The van der Waals surface area contributed by atoms with E-state index in [0.717, 1.165) is 0 Å². The lowest BCUT2D eigenvalue weighted by atomic mass is 9.84. The first-order valence-corrected chi connectivity index (χ1v) is 5.34. The highest BCUT2D eigenvalue weighted by atomic mass is 16.4. The average molecular weight is 231 g/mol. The minimum absolute atomic E-state index is 0.0380. The van der Waals surface area contributed by atoms with Crippen LogP contribution in [-0.2, 0) is 9.59 Å². The zero-order chi connectivity index (χ0) is 12.9. The normalized spacial score (nSPS) is 15.3. The van der Waals surface area contributed by atoms with E-state index in [0.29, 0.717) is 6.42 Å². The maximum absolute atomic E-state index is 11.5. The van der Waals surface area contributed by atoms with Crippen molar-refractivity contribution in [3.05, 3.63) is 0 Å². The van der Waals surface area contributed by atoms with Gasteiger partial charge in [-0.3, -0.25) is 9.59 Å². The van der Waals surface area contributed by atoms with Crippen molar-refractivity contribution in [3.63, 3.8) is 0 Å². The number of carbonyl (C=O) groups is 2. The van der Waals surface area contributed by atoms with Crippen molar-refractivity contribution < 1.29 is 19.8 Å². The van der Waals surface area contributed by atoms with E-state index in [1.807, 2.05) is 20.8 Å². The predicted octanol–water partition coefficient (Wildman–Crippen LogP) is 0.620. The molecule has 0 aliphatic carbocycles. The Hall–Kier alpha value is -1.10. The van der Waals surface area contributed by atoms with Crippen LogP contribution in [0.1, 0.15) is 34.1 Å². The fourth-order valence-corrected chi connectivity index (χ4v) is 1.26. The number of aliphatic carboxylic acids is 1. The maximum atomic E-state index is 11.5. The lowest BCUT2D eigenvalue weighted by Crippen LogP contribution is -2.47. The summed E-state index contributed by atoms with van der Waals surface area (Å²) in [4.78, 5) is 22.2. The molecule has 16 heavy (non-hydrogen) atoms. The van der Waals surface area contributed by atoms with Crippen LogP contribution in [0, 0.1) is 11.3 Å². The second-order valence-corrected chi connectivity index (χ2v) is 5.00. The van der Waals surface area contributed by atoms with Crippen LogP contribution < -0.4 is 5.32 Å². The second kappa shape index (κ2) is 5.84. The Morgan fingerprint density at radius 2 is 1.81 bits per heavy atom. The average Bonchev–Trinajstić information content (AvgIpc) is 2.14. The molecule has 0 aliphatic rings. The third-order valence-electron chi connectivity index (χ3n) is 2.54. The van der Waals surface area contributed by atoms with Gasteiger partial charge in [-0.25, -0.2) is 0 Å². The number of aliphatic hydroxyl groups is 1. The Labute approximate surface area is 95.9 Å². The summed E-state index contributed by atoms with van der Waals surface area (Å²) in [5, 5.41) is 20.2. The quantitative estimate of drug-likeness (QED) is 0.605. The Morgan fingerprint density at radius 3 is 2.12 bits per heavy atom. The van der Waals surface area contributed by atoms with Crippen molar-refractivity contribution in [2.45, 2.75) is 40.2 Å². The van der Waals surface area contributed by atoms with Crippen molar-refractivity contribution in [2.75, 3.05) is 6.61 Å². The molecule has 2 unspecified atom stereocenters. The first-order chi connectivity index (χ1) is 7.20. The molecule has 5 heteroatoms. The molecule has 0 saturated carbocycles. The molecule has 0 fully saturated rings. The molecular formula is C11H21NO4. The molecule has 0 aromatic rings. The van der Waals surface area contributed by atoms with Gasteiger partial charge in [0.15, 0.2) is 0 Å². The molecule has 3 N–H and O–H groups in total. The van der Waals surface area contributed by atoms with Gasteiger partial charge >= 0.3 is 5.97 Å². The second-order valence-electron chi connectivity index (χ2n) is 5.00. The Kier molecular flexibility index (Phi) is 5.44. The minimum atomic E-state index is -1.14. The van der Waals surface area contributed by atoms with E-state index in [4.69, 9.17) is 10.2 Å². The van der Waals surface area contributed by atoms with Gasteiger partial charge in [0.05, 0.1) is 0 Å². The van der Waals surface area contributed by atoms with Crippen LogP contribution in [0.15, 0.2) is 0 Å². The highest BCUT2D eigenvalue weighted by Crippen LogP contribution is 2.21. The number of carboxylic acid groups (broad SMARTS) is 1. The topological polar surface area (TPSA) is 86.6 Å². The fourth-order valence-electron chi connectivity index (χ4n) is 1.26. The van der Waals surface area contributed by atoms with Gasteiger partial charge in [-0.2, -0.15) is 0 Å². The van der Waals surface area contributed by atoms with Gasteiger partial charge in [-0.1, -0.05) is 20.8 Å². The Bertz CT molecular complexity index is 257. The standard InChI is InChI=1S/C11H21NO4/c1-7(10(15)16)9(14)12-8(5-6-13)11(2,3)4/h7-8,13H,5-6H2,1-4H3,(H,12,14)(H,15,16). The fraction of sp³-hybridized carbons (Fsp3) is 0.818. The first kappa shape index (κ1) is 14.9. The van der Waals surface area contributed by atoms with Crippen molar-refractivity contribution in [1.29, 1.82) is 0 Å². The van der Waals surface area contributed by atoms with Crippen LogP contribution in [-0.4, -0.2) is 34.7 Å². The van der Waals surface area contributed by atoms with Crippen LogP contribution in [0.25, 0.3) is 0 Å². The van der Waals surface area contributed by atoms with Gasteiger partial charge in [0, 0.05) is 12.6 Å². The Morgan fingerprint density at radius 1 is 1.31 bits per heavy atom. The number of carboxylic acids is 1. The van der Waals surface area contributed by atoms with Gasteiger partial charge in [-0.15, -0.1) is 0 Å². The van der Waals surface area contributed by atoms with Crippen LogP contribution in [0.4, 0.5) is 0 Å². The molecule has 0 aliphatic heterocycles. The van der Waals surface area contributed by atoms with Gasteiger partial charge in [0.1, 0.15) is 5.92 Å². The largest absolute Gasteiger partial charge is 0.481 e. The lowest BCUT2D eigenvalue weighted by molar-refractivity contribution is -0.146.